The first kappa shape index (κ1) is 14.4. The average molecular weight is 278 g/mol. The summed E-state index contributed by atoms with van der Waals surface area (Å²) in [6.45, 7) is 2.20. The Kier molecular flexibility index (Phi) is 5.73. The molecule has 1 saturated heterocycles. The summed E-state index contributed by atoms with van der Waals surface area (Å²) in [6.07, 6.45) is 6.09. The summed E-state index contributed by atoms with van der Waals surface area (Å²) in [5.41, 5.74) is 0.905. The molecule has 0 unspecified atom stereocenters. The predicted molar refractivity (Wildman–Crippen MR) is 81.7 cm³/mol. The van der Waals surface area contributed by atoms with Crippen LogP contribution in [0, 0.1) is 5.92 Å². The minimum absolute atomic E-state index is 0.136. The number of thioether (sulfide) groups is 1. The van der Waals surface area contributed by atoms with E-state index in [9.17, 15) is 4.79 Å². The highest BCUT2D eigenvalue weighted by Gasteiger charge is 2.14. The van der Waals surface area contributed by atoms with Crippen molar-refractivity contribution in [1.29, 1.82) is 0 Å². The summed E-state index contributed by atoms with van der Waals surface area (Å²) in [5, 5.41) is 6.34. The summed E-state index contributed by atoms with van der Waals surface area (Å²) >= 11 is 1.69. The van der Waals surface area contributed by atoms with Crippen molar-refractivity contribution in [3.63, 3.8) is 0 Å². The van der Waals surface area contributed by atoms with Crippen LogP contribution in [0.5, 0.6) is 0 Å². The fraction of sp³-hybridized carbons (Fsp3) is 0.533. The van der Waals surface area contributed by atoms with Gasteiger partial charge in [-0.1, -0.05) is 6.07 Å². The molecular weight excluding hydrogens is 256 g/mol. The van der Waals surface area contributed by atoms with Crippen LogP contribution in [-0.2, 0) is 4.79 Å². The van der Waals surface area contributed by atoms with Gasteiger partial charge in [-0.15, -0.1) is 11.8 Å². The molecule has 104 valence electrons. The molecule has 1 aliphatic heterocycles. The molecule has 1 amide bonds. The van der Waals surface area contributed by atoms with Crippen LogP contribution >= 0.6 is 11.8 Å². The highest BCUT2D eigenvalue weighted by Crippen LogP contribution is 2.20. The fourth-order valence-corrected chi connectivity index (χ4v) is 2.89. The lowest BCUT2D eigenvalue weighted by Crippen LogP contribution is -2.28. The monoisotopic (exact) mass is 278 g/mol. The third kappa shape index (κ3) is 4.88. The summed E-state index contributed by atoms with van der Waals surface area (Å²) in [6, 6.07) is 8.00. The number of anilines is 1. The number of carbonyl (C=O) groups excluding carboxylic acids is 1. The van der Waals surface area contributed by atoms with Crippen LogP contribution in [0.4, 0.5) is 5.69 Å². The second-order valence-electron chi connectivity index (χ2n) is 5.01. The highest BCUT2D eigenvalue weighted by atomic mass is 32.2. The van der Waals surface area contributed by atoms with Crippen molar-refractivity contribution in [2.45, 2.75) is 30.6 Å². The van der Waals surface area contributed by atoms with Gasteiger partial charge in [0.15, 0.2) is 0 Å². The van der Waals surface area contributed by atoms with Crippen molar-refractivity contribution in [2.75, 3.05) is 24.7 Å². The van der Waals surface area contributed by atoms with Gasteiger partial charge < -0.3 is 10.6 Å². The summed E-state index contributed by atoms with van der Waals surface area (Å²) < 4.78 is 0. The molecule has 1 aromatic rings. The Morgan fingerprint density at radius 1 is 1.42 bits per heavy atom. The van der Waals surface area contributed by atoms with E-state index in [1.54, 1.807) is 11.8 Å². The zero-order valence-corrected chi connectivity index (χ0v) is 12.3. The van der Waals surface area contributed by atoms with Gasteiger partial charge in [0, 0.05) is 17.0 Å². The van der Waals surface area contributed by atoms with E-state index in [2.05, 4.69) is 16.7 Å². The van der Waals surface area contributed by atoms with E-state index in [1.165, 1.54) is 17.7 Å². The zero-order valence-electron chi connectivity index (χ0n) is 11.4. The van der Waals surface area contributed by atoms with Gasteiger partial charge in [0.25, 0.3) is 0 Å². The maximum atomic E-state index is 11.9. The third-order valence-corrected chi connectivity index (χ3v) is 4.32. The summed E-state index contributed by atoms with van der Waals surface area (Å²) in [7, 11) is 0. The number of piperidine rings is 1. The third-order valence-electron chi connectivity index (χ3n) is 3.59. The van der Waals surface area contributed by atoms with Gasteiger partial charge in [-0.05, 0) is 62.7 Å². The van der Waals surface area contributed by atoms with E-state index in [0.29, 0.717) is 12.3 Å². The Bertz CT molecular complexity index is 416. The number of nitrogens with one attached hydrogen (secondary N) is 2. The number of rotatable bonds is 5. The van der Waals surface area contributed by atoms with Gasteiger partial charge in [0.2, 0.25) is 5.91 Å². The lowest BCUT2D eigenvalue weighted by atomic mass is 9.93. The quantitative estimate of drug-likeness (QED) is 0.813. The second-order valence-corrected chi connectivity index (χ2v) is 5.89. The van der Waals surface area contributed by atoms with Crippen LogP contribution in [-0.4, -0.2) is 25.3 Å². The summed E-state index contributed by atoms with van der Waals surface area (Å²) in [5.74, 6) is 0.848. The lowest BCUT2D eigenvalue weighted by molar-refractivity contribution is -0.116. The Labute approximate surface area is 119 Å². The molecule has 1 heterocycles. The molecule has 19 heavy (non-hydrogen) atoms. The number of hydrogen-bond donors (Lipinski definition) is 2. The lowest BCUT2D eigenvalue weighted by Gasteiger charge is -2.22. The number of hydrogen-bond acceptors (Lipinski definition) is 3. The largest absolute Gasteiger partial charge is 0.326 e. The number of carbonyl (C=O) groups is 1. The number of benzene rings is 1. The molecule has 1 aliphatic rings. The molecule has 0 radical (unpaired) electrons. The molecule has 0 atom stereocenters. The first-order chi connectivity index (χ1) is 9.28. The maximum Gasteiger partial charge on any atom is 0.224 e. The first-order valence-corrected chi connectivity index (χ1v) is 8.15. The van der Waals surface area contributed by atoms with E-state index in [1.807, 2.05) is 24.5 Å². The Morgan fingerprint density at radius 2 is 2.21 bits per heavy atom. The van der Waals surface area contributed by atoms with Gasteiger partial charge in [-0.25, -0.2) is 0 Å². The Morgan fingerprint density at radius 3 is 2.95 bits per heavy atom. The normalized spacial score (nSPS) is 16.3. The van der Waals surface area contributed by atoms with Crippen LogP contribution in [0.1, 0.15) is 25.7 Å². The predicted octanol–water partition coefficient (Wildman–Crippen LogP) is 3.13. The number of amides is 1. The van der Waals surface area contributed by atoms with Crippen molar-refractivity contribution >= 4 is 23.4 Å². The fourth-order valence-electron chi connectivity index (χ4n) is 2.43. The van der Waals surface area contributed by atoms with Crippen LogP contribution in [0.25, 0.3) is 0 Å². The smallest absolute Gasteiger partial charge is 0.224 e. The van der Waals surface area contributed by atoms with Crippen LogP contribution < -0.4 is 10.6 Å². The van der Waals surface area contributed by atoms with E-state index in [-0.39, 0.29) is 5.91 Å². The van der Waals surface area contributed by atoms with Gasteiger partial charge in [-0.2, -0.15) is 0 Å². The SMILES string of the molecule is CSc1cccc(NC(=O)CCC2CCNCC2)c1. The molecule has 0 aromatic heterocycles. The van der Waals surface area contributed by atoms with Crippen molar-refractivity contribution in [2.24, 2.45) is 5.92 Å². The van der Waals surface area contributed by atoms with Crippen molar-refractivity contribution in [3.8, 4) is 0 Å². The van der Waals surface area contributed by atoms with Gasteiger partial charge in [0.1, 0.15) is 0 Å². The molecule has 2 N–H and O–H groups in total. The standard InChI is InChI=1S/C15H22N2OS/c1-19-14-4-2-3-13(11-14)17-15(18)6-5-12-7-9-16-10-8-12/h2-4,11-12,16H,5-10H2,1H3,(H,17,18). The molecule has 4 heteroatoms. The molecule has 0 aliphatic carbocycles. The molecule has 1 fully saturated rings. The van der Waals surface area contributed by atoms with E-state index < -0.39 is 0 Å². The highest BCUT2D eigenvalue weighted by molar-refractivity contribution is 7.98. The molecule has 2 rings (SSSR count). The second kappa shape index (κ2) is 7.56. The average Bonchev–Trinajstić information content (AvgIpc) is 2.46. The van der Waals surface area contributed by atoms with Gasteiger partial charge in [0.05, 0.1) is 0 Å². The molecular formula is C15H22N2OS. The molecule has 3 nitrogen and oxygen atoms in total. The molecule has 0 saturated carbocycles. The minimum atomic E-state index is 0.136. The van der Waals surface area contributed by atoms with Crippen molar-refractivity contribution < 1.29 is 4.79 Å². The van der Waals surface area contributed by atoms with Gasteiger partial charge in [-0.3, -0.25) is 4.79 Å². The van der Waals surface area contributed by atoms with E-state index in [4.69, 9.17) is 0 Å². The van der Waals surface area contributed by atoms with E-state index >= 15 is 0 Å². The summed E-state index contributed by atoms with van der Waals surface area (Å²) in [4.78, 5) is 13.1. The molecule has 0 bridgehead atoms. The van der Waals surface area contributed by atoms with Crippen molar-refractivity contribution in [1.82, 2.24) is 5.32 Å². The zero-order chi connectivity index (χ0) is 13.5. The van der Waals surface area contributed by atoms with Crippen LogP contribution in [0.3, 0.4) is 0 Å². The topological polar surface area (TPSA) is 41.1 Å². The first-order valence-electron chi connectivity index (χ1n) is 6.92. The van der Waals surface area contributed by atoms with Crippen LogP contribution in [0.15, 0.2) is 29.2 Å². The van der Waals surface area contributed by atoms with Crippen molar-refractivity contribution in [3.05, 3.63) is 24.3 Å². The maximum absolute atomic E-state index is 11.9. The molecule has 0 spiro atoms. The molecule has 1 aromatic carbocycles. The van der Waals surface area contributed by atoms with Gasteiger partial charge >= 0.3 is 0 Å². The Balaban J connectivity index is 1.76. The Hall–Kier alpha value is -1.00. The van der Waals surface area contributed by atoms with E-state index in [0.717, 1.165) is 25.2 Å². The van der Waals surface area contributed by atoms with Crippen LogP contribution in [0.2, 0.25) is 0 Å². The minimum Gasteiger partial charge on any atom is -0.326 e.